The van der Waals surface area contributed by atoms with E-state index < -0.39 is 9.96 Å². The number of hydrogen-bond donors (Lipinski definition) is 1. The number of piperidine rings is 1. The summed E-state index contributed by atoms with van der Waals surface area (Å²) in [7, 11) is 0. The second-order valence-electron chi connectivity index (χ2n) is 6.52. The van der Waals surface area contributed by atoms with Crippen molar-refractivity contribution in [1.29, 1.82) is 0 Å². The second-order valence-corrected chi connectivity index (χ2v) is 8.89. The molecular formula is C16H20Cl3N3O2. The van der Waals surface area contributed by atoms with Crippen LogP contribution in [0.4, 0.5) is 0 Å². The van der Waals surface area contributed by atoms with Crippen LogP contribution >= 0.6 is 34.8 Å². The van der Waals surface area contributed by atoms with Gasteiger partial charge in [0.1, 0.15) is 6.17 Å². The molecule has 0 saturated carbocycles. The molecule has 24 heavy (non-hydrogen) atoms. The number of fused-ring (bicyclic) bond motifs is 4. The largest absolute Gasteiger partial charge is 0.337 e. The molecule has 2 bridgehead atoms. The van der Waals surface area contributed by atoms with Gasteiger partial charge in [0.2, 0.25) is 9.70 Å². The number of carbonyl (C=O) groups excluding carboxylic acids is 1. The number of pyridine rings is 1. The van der Waals surface area contributed by atoms with Gasteiger partial charge >= 0.3 is 0 Å². The average Bonchev–Trinajstić information content (AvgIpc) is 2.52. The highest BCUT2D eigenvalue weighted by Gasteiger charge is 2.43. The third kappa shape index (κ3) is 3.59. The van der Waals surface area contributed by atoms with E-state index in [1.54, 1.807) is 19.1 Å². The Kier molecular flexibility index (Phi) is 5.17. The van der Waals surface area contributed by atoms with Gasteiger partial charge in [0.05, 0.1) is 0 Å². The first kappa shape index (κ1) is 18.1. The van der Waals surface area contributed by atoms with Crippen molar-refractivity contribution >= 4 is 40.7 Å². The summed E-state index contributed by atoms with van der Waals surface area (Å²) in [6.45, 7) is 3.75. The van der Waals surface area contributed by atoms with Crippen LogP contribution in [0.25, 0.3) is 0 Å². The number of nitrogens with one attached hydrogen (secondary N) is 1. The number of amides is 1. The van der Waals surface area contributed by atoms with Crippen molar-refractivity contribution in [2.75, 3.05) is 13.1 Å². The van der Waals surface area contributed by atoms with Crippen molar-refractivity contribution in [3.8, 4) is 0 Å². The quantitative estimate of drug-likeness (QED) is 0.804. The zero-order chi connectivity index (χ0) is 17.5. The highest BCUT2D eigenvalue weighted by molar-refractivity contribution is 6.68. The van der Waals surface area contributed by atoms with Gasteiger partial charge in [-0.1, -0.05) is 47.8 Å². The zero-order valence-electron chi connectivity index (χ0n) is 13.3. The van der Waals surface area contributed by atoms with E-state index in [0.717, 1.165) is 12.1 Å². The van der Waals surface area contributed by atoms with Crippen molar-refractivity contribution in [3.63, 3.8) is 0 Å². The molecule has 0 radical (unpaired) electrons. The fourth-order valence-corrected chi connectivity index (χ4v) is 4.36. The molecule has 1 unspecified atom stereocenters. The lowest BCUT2D eigenvalue weighted by atomic mass is 9.83. The van der Waals surface area contributed by atoms with E-state index in [-0.39, 0.29) is 17.4 Å². The summed E-state index contributed by atoms with van der Waals surface area (Å²) in [5.74, 6) is 0.336. The number of nitrogens with zero attached hydrogens (tertiary/aromatic N) is 2. The Balaban J connectivity index is 1.87. The summed E-state index contributed by atoms with van der Waals surface area (Å²) in [6.07, 6.45) is 0.659. The van der Waals surface area contributed by atoms with Crippen molar-refractivity contribution in [2.24, 2.45) is 5.92 Å². The summed E-state index contributed by atoms with van der Waals surface area (Å²) in [6, 6.07) is 5.37. The van der Waals surface area contributed by atoms with Crippen LogP contribution in [-0.4, -0.2) is 38.4 Å². The van der Waals surface area contributed by atoms with Crippen molar-refractivity contribution < 1.29 is 4.79 Å². The van der Waals surface area contributed by atoms with Crippen LogP contribution in [0.2, 0.25) is 0 Å². The van der Waals surface area contributed by atoms with Crippen LogP contribution in [-0.2, 0) is 11.3 Å². The maximum atomic E-state index is 12.1. The van der Waals surface area contributed by atoms with Crippen LogP contribution in [0.5, 0.6) is 0 Å². The smallest absolute Gasteiger partial charge is 0.250 e. The molecule has 2 aliphatic rings. The number of carbonyl (C=O) groups is 1. The fraction of sp³-hybridized carbons (Fsp3) is 0.625. The molecule has 5 nitrogen and oxygen atoms in total. The second kappa shape index (κ2) is 6.87. The molecule has 1 N–H and O–H groups in total. The standard InChI is InChI=1S/C16H20Cl3N3O2/c1-2-13(23)20-15(16(17,18)19)21-7-10-6-11(9-21)12-4-3-5-14(24)22(12)8-10/h3-5,10-11,15H,2,6-9H2,1H3,(H,20,23)/t10-,11+,15?/m0/s1. The van der Waals surface area contributed by atoms with Gasteiger partial charge in [-0.2, -0.15) is 0 Å². The van der Waals surface area contributed by atoms with Crippen molar-refractivity contribution in [3.05, 3.63) is 34.2 Å². The number of rotatable bonds is 3. The van der Waals surface area contributed by atoms with Gasteiger partial charge in [0, 0.05) is 43.7 Å². The first-order valence-corrected chi connectivity index (χ1v) is 9.23. The lowest BCUT2D eigenvalue weighted by Gasteiger charge is -2.47. The molecule has 0 aromatic carbocycles. The Hall–Kier alpha value is -0.750. The molecule has 1 saturated heterocycles. The molecule has 3 rings (SSSR count). The maximum Gasteiger partial charge on any atom is 0.250 e. The third-order valence-corrected chi connectivity index (χ3v) is 5.42. The Morgan fingerprint density at radius 2 is 2.08 bits per heavy atom. The summed E-state index contributed by atoms with van der Waals surface area (Å²) in [5.41, 5.74) is 1.06. The summed E-state index contributed by atoms with van der Waals surface area (Å²) in [5, 5.41) is 2.82. The van der Waals surface area contributed by atoms with Gasteiger partial charge in [-0.15, -0.1) is 0 Å². The topological polar surface area (TPSA) is 54.3 Å². The van der Waals surface area contributed by atoms with Crippen LogP contribution in [0.3, 0.4) is 0 Å². The summed E-state index contributed by atoms with van der Waals surface area (Å²) < 4.78 is 0.234. The van der Waals surface area contributed by atoms with E-state index in [2.05, 4.69) is 5.32 Å². The molecule has 3 heterocycles. The molecule has 1 aromatic rings. The van der Waals surface area contributed by atoms with Crippen LogP contribution in [0, 0.1) is 5.92 Å². The predicted molar refractivity (Wildman–Crippen MR) is 95.6 cm³/mol. The van der Waals surface area contributed by atoms with Crippen molar-refractivity contribution in [1.82, 2.24) is 14.8 Å². The molecule has 1 aromatic heterocycles. The van der Waals surface area contributed by atoms with E-state index in [1.807, 2.05) is 15.5 Å². The van der Waals surface area contributed by atoms with E-state index >= 15 is 0 Å². The SMILES string of the molecule is CCC(=O)NC(N1C[C@@H]2C[C@H](C1)c1cccc(=O)n1C2)C(Cl)(Cl)Cl. The van der Waals surface area contributed by atoms with E-state index in [1.165, 1.54) is 0 Å². The minimum atomic E-state index is -1.62. The monoisotopic (exact) mass is 391 g/mol. The van der Waals surface area contributed by atoms with Crippen LogP contribution < -0.4 is 10.9 Å². The van der Waals surface area contributed by atoms with E-state index in [9.17, 15) is 9.59 Å². The number of hydrogen-bond acceptors (Lipinski definition) is 3. The molecule has 0 spiro atoms. The molecule has 8 heteroatoms. The highest BCUT2D eigenvalue weighted by atomic mass is 35.6. The van der Waals surface area contributed by atoms with Gasteiger partial charge < -0.3 is 9.88 Å². The third-order valence-electron chi connectivity index (χ3n) is 4.80. The molecule has 3 atom stereocenters. The highest BCUT2D eigenvalue weighted by Crippen LogP contribution is 2.39. The Bertz CT molecular complexity index is 686. The number of aromatic nitrogens is 1. The Labute approximate surface area is 155 Å². The first-order valence-electron chi connectivity index (χ1n) is 8.09. The fourth-order valence-electron chi connectivity index (χ4n) is 3.78. The van der Waals surface area contributed by atoms with E-state index in [0.29, 0.717) is 32.0 Å². The molecule has 1 amide bonds. The Morgan fingerprint density at radius 1 is 1.33 bits per heavy atom. The first-order chi connectivity index (χ1) is 11.3. The molecular weight excluding hydrogens is 373 g/mol. The zero-order valence-corrected chi connectivity index (χ0v) is 15.6. The van der Waals surface area contributed by atoms with Gasteiger partial charge in [0.25, 0.3) is 5.56 Å². The minimum absolute atomic E-state index is 0.0351. The number of alkyl halides is 3. The molecule has 1 fully saturated rings. The number of halogens is 3. The summed E-state index contributed by atoms with van der Waals surface area (Å²) in [4.78, 5) is 26.0. The number of likely N-dealkylation sites (tertiary alicyclic amines) is 1. The summed E-state index contributed by atoms with van der Waals surface area (Å²) >= 11 is 18.4. The van der Waals surface area contributed by atoms with Crippen LogP contribution in [0.1, 0.15) is 31.4 Å². The molecule has 0 aliphatic carbocycles. The molecule has 132 valence electrons. The lowest BCUT2D eigenvalue weighted by Crippen LogP contribution is -2.60. The van der Waals surface area contributed by atoms with E-state index in [4.69, 9.17) is 34.8 Å². The van der Waals surface area contributed by atoms with Crippen molar-refractivity contribution in [2.45, 2.75) is 42.2 Å². The van der Waals surface area contributed by atoms with Gasteiger partial charge in [0.15, 0.2) is 0 Å². The normalized spacial score (nSPS) is 25.0. The van der Waals surface area contributed by atoms with Crippen LogP contribution in [0.15, 0.2) is 23.0 Å². The predicted octanol–water partition coefficient (Wildman–Crippen LogP) is 2.49. The van der Waals surface area contributed by atoms with Gasteiger partial charge in [-0.3, -0.25) is 14.5 Å². The van der Waals surface area contributed by atoms with Gasteiger partial charge in [-0.25, -0.2) is 0 Å². The maximum absolute atomic E-state index is 12.1. The minimum Gasteiger partial charge on any atom is -0.337 e. The Morgan fingerprint density at radius 3 is 2.75 bits per heavy atom. The average molecular weight is 393 g/mol. The van der Waals surface area contributed by atoms with Gasteiger partial charge in [-0.05, 0) is 18.4 Å². The molecule has 2 aliphatic heterocycles. The lowest BCUT2D eigenvalue weighted by molar-refractivity contribution is -0.123.